The van der Waals surface area contributed by atoms with Crippen molar-refractivity contribution in [1.29, 1.82) is 0 Å². The summed E-state index contributed by atoms with van der Waals surface area (Å²) in [6.45, 7) is 0.462. The number of anilines is 1. The quantitative estimate of drug-likeness (QED) is 0.380. The molecule has 28 heavy (non-hydrogen) atoms. The molecule has 3 nitrogen and oxygen atoms in total. The lowest BCUT2D eigenvalue weighted by Crippen LogP contribution is -2.31. The molecule has 4 aromatic rings. The van der Waals surface area contributed by atoms with Crippen LogP contribution in [0.15, 0.2) is 83.8 Å². The Bertz CT molecular complexity index is 1050. The number of hydrogen-bond donors (Lipinski definition) is 0. The van der Waals surface area contributed by atoms with Crippen molar-refractivity contribution in [3.05, 3.63) is 90.2 Å². The van der Waals surface area contributed by atoms with Gasteiger partial charge in [0.15, 0.2) is 5.13 Å². The Balaban J connectivity index is 1.58. The number of para-hydroxylation sites is 1. The van der Waals surface area contributed by atoms with Gasteiger partial charge in [-0.15, -0.1) is 11.8 Å². The maximum Gasteiger partial charge on any atom is 0.239 e. The van der Waals surface area contributed by atoms with Crippen molar-refractivity contribution >= 4 is 44.4 Å². The highest BCUT2D eigenvalue weighted by Crippen LogP contribution is 2.30. The monoisotopic (exact) mass is 408 g/mol. The standard InChI is InChI=1S/C22H17FN2OS2/c23-17-10-12-18(13-11-17)27-15-21(26)25(14-16-6-2-1-3-7-16)22-24-19-8-4-5-9-20(19)28-22/h1-13H,14-15H2. The number of rotatable bonds is 6. The molecule has 0 unspecified atom stereocenters. The largest absolute Gasteiger partial charge is 0.283 e. The van der Waals surface area contributed by atoms with E-state index in [1.807, 2.05) is 54.6 Å². The Labute approximate surface area is 170 Å². The van der Waals surface area contributed by atoms with Gasteiger partial charge in [-0.25, -0.2) is 9.37 Å². The lowest BCUT2D eigenvalue weighted by Gasteiger charge is -2.20. The van der Waals surface area contributed by atoms with Gasteiger partial charge >= 0.3 is 0 Å². The van der Waals surface area contributed by atoms with Crippen molar-refractivity contribution in [2.75, 3.05) is 10.7 Å². The SMILES string of the molecule is O=C(CSc1ccc(F)cc1)N(Cc1ccccc1)c1nc2ccccc2s1. The molecule has 0 saturated heterocycles. The molecule has 4 rings (SSSR count). The van der Waals surface area contributed by atoms with E-state index in [1.165, 1.54) is 35.2 Å². The second kappa shape index (κ2) is 8.54. The molecule has 0 fully saturated rings. The maximum absolute atomic E-state index is 13.1. The third-order valence-corrected chi connectivity index (χ3v) is 6.23. The Kier molecular flexibility index (Phi) is 5.69. The van der Waals surface area contributed by atoms with Gasteiger partial charge in [0.25, 0.3) is 0 Å². The van der Waals surface area contributed by atoms with Crippen LogP contribution in [0.2, 0.25) is 0 Å². The number of thiazole rings is 1. The van der Waals surface area contributed by atoms with Crippen molar-refractivity contribution in [3.63, 3.8) is 0 Å². The second-order valence-electron chi connectivity index (χ2n) is 6.17. The molecule has 1 heterocycles. The number of benzene rings is 3. The minimum absolute atomic E-state index is 0.0303. The van der Waals surface area contributed by atoms with Gasteiger partial charge in [0.05, 0.1) is 22.5 Å². The summed E-state index contributed by atoms with van der Waals surface area (Å²) in [5.74, 6) is -0.0536. The second-order valence-corrected chi connectivity index (χ2v) is 8.23. The molecule has 0 radical (unpaired) electrons. The van der Waals surface area contributed by atoms with E-state index in [1.54, 1.807) is 17.0 Å². The molecule has 0 atom stereocenters. The Morgan fingerprint density at radius 3 is 2.43 bits per heavy atom. The van der Waals surface area contributed by atoms with E-state index in [2.05, 4.69) is 4.98 Å². The van der Waals surface area contributed by atoms with Gasteiger partial charge in [0.1, 0.15) is 5.82 Å². The fraction of sp³-hybridized carbons (Fsp3) is 0.0909. The van der Waals surface area contributed by atoms with Gasteiger partial charge in [-0.1, -0.05) is 53.8 Å². The number of fused-ring (bicyclic) bond motifs is 1. The normalized spacial score (nSPS) is 10.9. The highest BCUT2D eigenvalue weighted by atomic mass is 32.2. The van der Waals surface area contributed by atoms with Crippen molar-refractivity contribution in [2.45, 2.75) is 11.4 Å². The molecular formula is C22H17FN2OS2. The molecule has 0 spiro atoms. The summed E-state index contributed by atoms with van der Waals surface area (Å²) < 4.78 is 14.1. The minimum atomic E-state index is -0.282. The van der Waals surface area contributed by atoms with Crippen LogP contribution in [0.1, 0.15) is 5.56 Å². The fourth-order valence-electron chi connectivity index (χ4n) is 2.76. The summed E-state index contributed by atoms with van der Waals surface area (Å²) in [7, 11) is 0. The topological polar surface area (TPSA) is 33.2 Å². The highest BCUT2D eigenvalue weighted by Gasteiger charge is 2.20. The summed E-state index contributed by atoms with van der Waals surface area (Å²) in [4.78, 5) is 20.3. The summed E-state index contributed by atoms with van der Waals surface area (Å²) in [6.07, 6.45) is 0. The zero-order valence-electron chi connectivity index (χ0n) is 14.9. The van der Waals surface area contributed by atoms with Crippen LogP contribution in [0, 0.1) is 5.82 Å². The number of aromatic nitrogens is 1. The summed E-state index contributed by atoms with van der Waals surface area (Å²) in [5, 5.41) is 0.690. The number of hydrogen-bond acceptors (Lipinski definition) is 4. The lowest BCUT2D eigenvalue weighted by atomic mass is 10.2. The third kappa shape index (κ3) is 4.40. The van der Waals surface area contributed by atoms with Gasteiger partial charge in [-0.3, -0.25) is 9.69 Å². The smallest absolute Gasteiger partial charge is 0.239 e. The van der Waals surface area contributed by atoms with E-state index in [4.69, 9.17) is 0 Å². The Morgan fingerprint density at radius 2 is 1.68 bits per heavy atom. The average Bonchev–Trinajstić information content (AvgIpc) is 3.16. The van der Waals surface area contributed by atoms with Gasteiger partial charge in [0.2, 0.25) is 5.91 Å². The van der Waals surface area contributed by atoms with Gasteiger partial charge in [-0.05, 0) is 42.0 Å². The minimum Gasteiger partial charge on any atom is -0.283 e. The zero-order valence-corrected chi connectivity index (χ0v) is 16.5. The number of thioether (sulfide) groups is 1. The van der Waals surface area contributed by atoms with Crippen molar-refractivity contribution in [1.82, 2.24) is 4.98 Å². The first-order valence-electron chi connectivity index (χ1n) is 8.77. The number of halogens is 1. The van der Waals surface area contributed by atoms with Crippen LogP contribution in [-0.2, 0) is 11.3 Å². The van der Waals surface area contributed by atoms with E-state index >= 15 is 0 Å². The molecule has 1 amide bonds. The average molecular weight is 409 g/mol. The van der Waals surface area contributed by atoms with E-state index in [0.29, 0.717) is 11.7 Å². The number of amides is 1. The molecule has 140 valence electrons. The first kappa shape index (κ1) is 18.7. The summed E-state index contributed by atoms with van der Waals surface area (Å²) in [6, 6.07) is 23.9. The molecule has 0 N–H and O–H groups in total. The van der Waals surface area contributed by atoms with Crippen LogP contribution in [0.5, 0.6) is 0 Å². The van der Waals surface area contributed by atoms with Gasteiger partial charge in [0, 0.05) is 4.90 Å². The van der Waals surface area contributed by atoms with Crippen LogP contribution in [0.4, 0.5) is 9.52 Å². The van der Waals surface area contributed by atoms with Gasteiger partial charge in [-0.2, -0.15) is 0 Å². The zero-order chi connectivity index (χ0) is 19.3. The molecular weight excluding hydrogens is 391 g/mol. The van der Waals surface area contributed by atoms with Crippen LogP contribution < -0.4 is 4.90 Å². The number of nitrogens with zero attached hydrogens (tertiary/aromatic N) is 2. The predicted molar refractivity (Wildman–Crippen MR) is 114 cm³/mol. The fourth-order valence-corrected chi connectivity index (χ4v) is 4.51. The molecule has 1 aromatic heterocycles. The first-order valence-corrected chi connectivity index (χ1v) is 10.6. The third-order valence-electron chi connectivity index (χ3n) is 4.17. The van der Waals surface area contributed by atoms with Crippen molar-refractivity contribution in [3.8, 4) is 0 Å². The first-order chi connectivity index (χ1) is 13.7. The van der Waals surface area contributed by atoms with E-state index in [9.17, 15) is 9.18 Å². The van der Waals surface area contributed by atoms with E-state index < -0.39 is 0 Å². The van der Waals surface area contributed by atoms with Crippen LogP contribution in [0.3, 0.4) is 0 Å². The Morgan fingerprint density at radius 1 is 0.964 bits per heavy atom. The van der Waals surface area contributed by atoms with Crippen LogP contribution >= 0.6 is 23.1 Å². The molecule has 0 saturated carbocycles. The van der Waals surface area contributed by atoms with E-state index in [-0.39, 0.29) is 17.5 Å². The molecule has 0 aliphatic rings. The molecule has 0 bridgehead atoms. The lowest BCUT2D eigenvalue weighted by molar-refractivity contribution is -0.116. The number of carbonyl (C=O) groups excluding carboxylic acids is 1. The maximum atomic E-state index is 13.1. The van der Waals surface area contributed by atoms with Gasteiger partial charge < -0.3 is 0 Å². The van der Waals surface area contributed by atoms with E-state index in [0.717, 1.165) is 20.7 Å². The molecule has 0 aliphatic carbocycles. The van der Waals surface area contributed by atoms with Crippen LogP contribution in [0.25, 0.3) is 10.2 Å². The number of carbonyl (C=O) groups is 1. The van der Waals surface area contributed by atoms with Crippen LogP contribution in [-0.4, -0.2) is 16.6 Å². The summed E-state index contributed by atoms with van der Waals surface area (Å²) >= 11 is 2.91. The molecule has 0 aliphatic heterocycles. The van der Waals surface area contributed by atoms with Crippen molar-refractivity contribution in [2.24, 2.45) is 0 Å². The Hall–Kier alpha value is -2.70. The summed E-state index contributed by atoms with van der Waals surface area (Å²) in [5.41, 5.74) is 1.93. The molecule has 6 heteroatoms. The highest BCUT2D eigenvalue weighted by molar-refractivity contribution is 8.00. The van der Waals surface area contributed by atoms with Crippen molar-refractivity contribution < 1.29 is 9.18 Å². The predicted octanol–water partition coefficient (Wildman–Crippen LogP) is 5.76. The molecule has 3 aromatic carbocycles.